The van der Waals surface area contributed by atoms with E-state index in [0.29, 0.717) is 22.5 Å². The Balaban J connectivity index is 2.99. The van der Waals surface area contributed by atoms with Crippen molar-refractivity contribution in [2.24, 2.45) is 5.92 Å². The molecule has 1 aromatic carbocycles. The van der Waals surface area contributed by atoms with Crippen molar-refractivity contribution in [2.75, 3.05) is 13.6 Å². The monoisotopic (exact) mass is 349 g/mol. The number of benzene rings is 1. The SMILES string of the molecule is CC(C)CCN(C)S(=O)(=O)c1ccc(CO)cc1Br. The van der Waals surface area contributed by atoms with E-state index in [1.165, 1.54) is 10.4 Å². The lowest BCUT2D eigenvalue weighted by Crippen LogP contribution is -2.29. The number of aliphatic hydroxyl groups is 1. The second-order valence-corrected chi connectivity index (χ2v) is 7.80. The first kappa shape index (κ1) is 16.6. The average molecular weight is 350 g/mol. The Labute approximate surface area is 123 Å². The highest BCUT2D eigenvalue weighted by Gasteiger charge is 2.23. The van der Waals surface area contributed by atoms with Crippen LogP contribution in [-0.4, -0.2) is 31.4 Å². The van der Waals surface area contributed by atoms with E-state index in [9.17, 15) is 8.42 Å². The van der Waals surface area contributed by atoms with E-state index in [-0.39, 0.29) is 11.5 Å². The van der Waals surface area contributed by atoms with Crippen LogP contribution in [0.2, 0.25) is 0 Å². The van der Waals surface area contributed by atoms with Gasteiger partial charge in [-0.2, -0.15) is 0 Å². The minimum atomic E-state index is -3.49. The first-order valence-electron chi connectivity index (χ1n) is 6.14. The van der Waals surface area contributed by atoms with Crippen LogP contribution in [0.3, 0.4) is 0 Å². The third kappa shape index (κ3) is 4.27. The summed E-state index contributed by atoms with van der Waals surface area (Å²) in [5, 5.41) is 9.03. The van der Waals surface area contributed by atoms with Gasteiger partial charge in [0.2, 0.25) is 10.0 Å². The molecular weight excluding hydrogens is 330 g/mol. The molecule has 1 aromatic rings. The number of hydrogen-bond acceptors (Lipinski definition) is 3. The van der Waals surface area contributed by atoms with Crippen LogP contribution in [0.5, 0.6) is 0 Å². The molecule has 0 unspecified atom stereocenters. The van der Waals surface area contributed by atoms with Crippen LogP contribution in [0.15, 0.2) is 27.6 Å². The van der Waals surface area contributed by atoms with Gasteiger partial charge in [-0.1, -0.05) is 19.9 Å². The Morgan fingerprint density at radius 1 is 1.37 bits per heavy atom. The molecule has 0 spiro atoms. The van der Waals surface area contributed by atoms with Crippen molar-refractivity contribution in [1.29, 1.82) is 0 Å². The summed E-state index contributed by atoms with van der Waals surface area (Å²) in [6.07, 6.45) is 0.822. The highest BCUT2D eigenvalue weighted by molar-refractivity contribution is 9.10. The van der Waals surface area contributed by atoms with E-state index < -0.39 is 10.0 Å². The highest BCUT2D eigenvalue weighted by Crippen LogP contribution is 2.26. The summed E-state index contributed by atoms with van der Waals surface area (Å²) in [5.74, 6) is 0.456. The molecule has 0 aliphatic heterocycles. The molecule has 0 radical (unpaired) electrons. The zero-order chi connectivity index (χ0) is 14.6. The number of halogens is 1. The fraction of sp³-hybridized carbons (Fsp3) is 0.538. The van der Waals surface area contributed by atoms with Crippen LogP contribution in [0.25, 0.3) is 0 Å². The van der Waals surface area contributed by atoms with Gasteiger partial charge in [-0.25, -0.2) is 12.7 Å². The maximum absolute atomic E-state index is 12.4. The summed E-state index contributed by atoms with van der Waals surface area (Å²) in [7, 11) is -1.90. The first-order chi connectivity index (χ1) is 8.78. The summed E-state index contributed by atoms with van der Waals surface area (Å²) in [6.45, 7) is 4.51. The molecule has 1 rings (SSSR count). The molecule has 19 heavy (non-hydrogen) atoms. The predicted octanol–water partition coefficient (Wildman–Crippen LogP) is 2.61. The zero-order valence-electron chi connectivity index (χ0n) is 11.4. The second-order valence-electron chi connectivity index (χ2n) is 4.93. The molecule has 0 aromatic heterocycles. The van der Waals surface area contributed by atoms with Gasteiger partial charge >= 0.3 is 0 Å². The summed E-state index contributed by atoms with van der Waals surface area (Å²) < 4.78 is 26.6. The highest BCUT2D eigenvalue weighted by atomic mass is 79.9. The molecule has 4 nitrogen and oxygen atoms in total. The Morgan fingerprint density at radius 2 is 2.00 bits per heavy atom. The van der Waals surface area contributed by atoms with Crippen molar-refractivity contribution in [3.8, 4) is 0 Å². The topological polar surface area (TPSA) is 57.6 Å². The number of aliphatic hydroxyl groups excluding tert-OH is 1. The second kappa shape index (κ2) is 6.83. The third-order valence-corrected chi connectivity index (χ3v) is 5.72. The number of nitrogens with zero attached hydrogens (tertiary/aromatic N) is 1. The predicted molar refractivity (Wildman–Crippen MR) is 79.3 cm³/mol. The van der Waals surface area contributed by atoms with Crippen molar-refractivity contribution < 1.29 is 13.5 Å². The maximum Gasteiger partial charge on any atom is 0.243 e. The lowest BCUT2D eigenvalue weighted by Gasteiger charge is -2.19. The fourth-order valence-electron chi connectivity index (χ4n) is 1.58. The summed E-state index contributed by atoms with van der Waals surface area (Å²) in [6, 6.07) is 4.77. The Bertz CT molecular complexity index is 529. The van der Waals surface area contributed by atoms with Gasteiger partial charge in [0, 0.05) is 18.1 Å². The van der Waals surface area contributed by atoms with Gasteiger partial charge in [-0.3, -0.25) is 0 Å². The van der Waals surface area contributed by atoms with Gasteiger partial charge in [-0.15, -0.1) is 0 Å². The first-order valence-corrected chi connectivity index (χ1v) is 8.38. The molecule has 0 aliphatic rings. The smallest absolute Gasteiger partial charge is 0.243 e. The van der Waals surface area contributed by atoms with E-state index >= 15 is 0 Å². The van der Waals surface area contributed by atoms with Crippen molar-refractivity contribution in [3.05, 3.63) is 28.2 Å². The van der Waals surface area contributed by atoms with Crippen molar-refractivity contribution >= 4 is 26.0 Å². The van der Waals surface area contributed by atoms with E-state index in [4.69, 9.17) is 5.11 Å². The molecule has 0 saturated heterocycles. The van der Waals surface area contributed by atoms with Crippen molar-refractivity contribution in [1.82, 2.24) is 4.31 Å². The molecule has 0 bridgehead atoms. The molecule has 6 heteroatoms. The molecule has 0 heterocycles. The lowest BCUT2D eigenvalue weighted by atomic mass is 10.1. The van der Waals surface area contributed by atoms with Gasteiger partial charge < -0.3 is 5.11 Å². The largest absolute Gasteiger partial charge is 0.392 e. The van der Waals surface area contributed by atoms with Crippen LogP contribution in [0.4, 0.5) is 0 Å². The molecule has 0 fully saturated rings. The van der Waals surface area contributed by atoms with E-state index in [2.05, 4.69) is 29.8 Å². The molecule has 108 valence electrons. The molecule has 1 N–H and O–H groups in total. The van der Waals surface area contributed by atoms with E-state index in [1.54, 1.807) is 19.2 Å². The minimum Gasteiger partial charge on any atom is -0.392 e. The van der Waals surface area contributed by atoms with E-state index in [1.807, 2.05) is 0 Å². The average Bonchev–Trinajstić information content (AvgIpc) is 2.35. The minimum absolute atomic E-state index is 0.109. The quantitative estimate of drug-likeness (QED) is 0.858. The molecule has 0 saturated carbocycles. The Kier molecular flexibility index (Phi) is 5.98. The summed E-state index contributed by atoms with van der Waals surface area (Å²) in [4.78, 5) is 0.232. The molecule has 0 amide bonds. The van der Waals surface area contributed by atoms with Crippen LogP contribution in [0.1, 0.15) is 25.8 Å². The van der Waals surface area contributed by atoms with Gasteiger partial charge in [0.1, 0.15) is 0 Å². The van der Waals surface area contributed by atoms with Gasteiger partial charge in [0.25, 0.3) is 0 Å². The van der Waals surface area contributed by atoms with Crippen LogP contribution < -0.4 is 0 Å². The summed E-state index contributed by atoms with van der Waals surface area (Å²) >= 11 is 3.26. The third-order valence-electron chi connectivity index (χ3n) is 2.89. The fourth-order valence-corrected chi connectivity index (χ4v) is 3.85. The normalized spacial score (nSPS) is 12.4. The zero-order valence-corrected chi connectivity index (χ0v) is 13.8. The Morgan fingerprint density at radius 3 is 2.47 bits per heavy atom. The number of hydrogen-bond donors (Lipinski definition) is 1. The standard InChI is InChI=1S/C13H20BrNO3S/c1-10(2)6-7-15(3)19(17,18)13-5-4-11(9-16)8-12(13)14/h4-5,8,10,16H,6-7,9H2,1-3H3. The molecule has 0 atom stereocenters. The lowest BCUT2D eigenvalue weighted by molar-refractivity contribution is 0.281. The van der Waals surface area contributed by atoms with Crippen LogP contribution in [0, 0.1) is 5.92 Å². The maximum atomic E-state index is 12.4. The molecular formula is C13H20BrNO3S. The van der Waals surface area contributed by atoms with E-state index in [0.717, 1.165) is 6.42 Å². The van der Waals surface area contributed by atoms with Gasteiger partial charge in [0.05, 0.1) is 11.5 Å². The van der Waals surface area contributed by atoms with Crippen molar-refractivity contribution in [3.63, 3.8) is 0 Å². The Hall–Kier alpha value is -0.430. The number of rotatable bonds is 6. The van der Waals surface area contributed by atoms with Crippen LogP contribution in [-0.2, 0) is 16.6 Å². The van der Waals surface area contributed by atoms with Gasteiger partial charge in [-0.05, 0) is 46.0 Å². The van der Waals surface area contributed by atoms with Crippen molar-refractivity contribution in [2.45, 2.75) is 31.8 Å². The van der Waals surface area contributed by atoms with Crippen LogP contribution >= 0.6 is 15.9 Å². The number of sulfonamides is 1. The molecule has 0 aliphatic carbocycles. The summed E-state index contributed by atoms with van der Waals surface area (Å²) in [5.41, 5.74) is 0.677. The van der Waals surface area contributed by atoms with Gasteiger partial charge in [0.15, 0.2) is 0 Å².